The van der Waals surface area contributed by atoms with Gasteiger partial charge in [0.15, 0.2) is 5.52 Å². The summed E-state index contributed by atoms with van der Waals surface area (Å²) in [7, 11) is 0. The van der Waals surface area contributed by atoms with E-state index in [4.69, 9.17) is 27.9 Å². The highest BCUT2D eigenvalue weighted by atomic mass is 35.5. The van der Waals surface area contributed by atoms with E-state index in [-0.39, 0.29) is 11.6 Å². The van der Waals surface area contributed by atoms with E-state index in [0.29, 0.717) is 46.8 Å². The SMILES string of the molecule is O=c1[nH]c(NCc2ccc(Cl)c(Cl)c2)nc2cnn(C3COC3)c12. The van der Waals surface area contributed by atoms with Gasteiger partial charge in [0.2, 0.25) is 5.95 Å². The van der Waals surface area contributed by atoms with Crippen LogP contribution in [0.5, 0.6) is 0 Å². The van der Waals surface area contributed by atoms with Crippen molar-refractivity contribution in [1.82, 2.24) is 19.7 Å². The van der Waals surface area contributed by atoms with Gasteiger partial charge in [0.25, 0.3) is 5.56 Å². The van der Waals surface area contributed by atoms with E-state index < -0.39 is 0 Å². The Bertz CT molecular complexity index is 964. The Labute approximate surface area is 146 Å². The van der Waals surface area contributed by atoms with Crippen molar-refractivity contribution in [3.05, 3.63) is 50.4 Å². The van der Waals surface area contributed by atoms with Crippen LogP contribution in [0, 0.1) is 0 Å². The summed E-state index contributed by atoms with van der Waals surface area (Å²) in [5, 5.41) is 8.31. The van der Waals surface area contributed by atoms with E-state index in [9.17, 15) is 4.79 Å². The first-order chi connectivity index (χ1) is 11.6. The maximum Gasteiger partial charge on any atom is 0.278 e. The molecule has 4 rings (SSSR count). The van der Waals surface area contributed by atoms with Crippen LogP contribution in [0.2, 0.25) is 10.0 Å². The lowest BCUT2D eigenvalue weighted by atomic mass is 10.2. The largest absolute Gasteiger partial charge is 0.377 e. The Morgan fingerprint density at radius 1 is 1.33 bits per heavy atom. The molecule has 3 aromatic rings. The van der Waals surface area contributed by atoms with Crippen molar-refractivity contribution >= 4 is 40.2 Å². The van der Waals surface area contributed by atoms with E-state index in [1.807, 2.05) is 6.07 Å². The van der Waals surface area contributed by atoms with Gasteiger partial charge in [-0.15, -0.1) is 0 Å². The third-order valence-electron chi connectivity index (χ3n) is 3.87. The molecule has 3 heterocycles. The summed E-state index contributed by atoms with van der Waals surface area (Å²) in [6.45, 7) is 1.58. The molecule has 1 fully saturated rings. The molecule has 1 aromatic carbocycles. The van der Waals surface area contributed by atoms with Crippen LogP contribution in [0.1, 0.15) is 11.6 Å². The Kier molecular flexibility index (Phi) is 3.91. The van der Waals surface area contributed by atoms with Gasteiger partial charge in [0.1, 0.15) is 5.52 Å². The van der Waals surface area contributed by atoms with Gasteiger partial charge in [-0.2, -0.15) is 5.10 Å². The van der Waals surface area contributed by atoms with Crippen molar-refractivity contribution in [3.8, 4) is 0 Å². The highest BCUT2D eigenvalue weighted by Crippen LogP contribution is 2.23. The van der Waals surface area contributed by atoms with Crippen LogP contribution in [0.4, 0.5) is 5.95 Å². The number of aromatic amines is 1. The number of hydrogen-bond acceptors (Lipinski definition) is 5. The van der Waals surface area contributed by atoms with E-state index in [1.165, 1.54) is 0 Å². The lowest BCUT2D eigenvalue weighted by molar-refractivity contribution is -0.0267. The van der Waals surface area contributed by atoms with Crippen molar-refractivity contribution in [1.29, 1.82) is 0 Å². The molecule has 124 valence electrons. The normalized spacial score (nSPS) is 14.8. The number of halogens is 2. The summed E-state index contributed by atoms with van der Waals surface area (Å²) in [6.07, 6.45) is 1.59. The van der Waals surface area contributed by atoms with E-state index in [1.54, 1.807) is 23.0 Å². The second kappa shape index (κ2) is 6.08. The second-order valence-corrected chi connectivity index (χ2v) is 6.35. The van der Waals surface area contributed by atoms with Crippen LogP contribution in [0.25, 0.3) is 11.0 Å². The third kappa shape index (κ3) is 2.75. The van der Waals surface area contributed by atoms with Crippen molar-refractivity contribution in [2.75, 3.05) is 18.5 Å². The average Bonchev–Trinajstić information content (AvgIpc) is 2.91. The van der Waals surface area contributed by atoms with Crippen molar-refractivity contribution in [3.63, 3.8) is 0 Å². The summed E-state index contributed by atoms with van der Waals surface area (Å²) in [5.41, 5.74) is 1.70. The van der Waals surface area contributed by atoms with Crippen LogP contribution in [-0.2, 0) is 11.3 Å². The van der Waals surface area contributed by atoms with Gasteiger partial charge in [-0.25, -0.2) is 9.67 Å². The molecule has 0 atom stereocenters. The summed E-state index contributed by atoms with van der Waals surface area (Å²) in [4.78, 5) is 19.5. The van der Waals surface area contributed by atoms with E-state index in [2.05, 4.69) is 20.4 Å². The quantitative estimate of drug-likeness (QED) is 0.742. The number of H-pyrrole nitrogens is 1. The van der Waals surface area contributed by atoms with Crippen molar-refractivity contribution < 1.29 is 4.74 Å². The Morgan fingerprint density at radius 2 is 2.17 bits per heavy atom. The second-order valence-electron chi connectivity index (χ2n) is 5.53. The first kappa shape index (κ1) is 15.4. The lowest BCUT2D eigenvalue weighted by Crippen LogP contribution is -2.32. The molecule has 1 aliphatic heterocycles. The van der Waals surface area contributed by atoms with Crippen molar-refractivity contribution in [2.45, 2.75) is 12.6 Å². The minimum absolute atomic E-state index is 0.0976. The van der Waals surface area contributed by atoms with Crippen LogP contribution in [0.15, 0.2) is 29.2 Å². The zero-order valence-corrected chi connectivity index (χ0v) is 13.9. The summed E-state index contributed by atoms with van der Waals surface area (Å²) >= 11 is 11.9. The third-order valence-corrected chi connectivity index (χ3v) is 4.60. The summed E-state index contributed by atoms with van der Waals surface area (Å²) in [6, 6.07) is 5.44. The fourth-order valence-electron chi connectivity index (χ4n) is 2.53. The molecule has 0 radical (unpaired) electrons. The first-order valence-electron chi connectivity index (χ1n) is 7.35. The molecule has 7 nitrogen and oxygen atoms in total. The van der Waals surface area contributed by atoms with Gasteiger partial charge in [-0.3, -0.25) is 9.78 Å². The topological polar surface area (TPSA) is 84.8 Å². The fourth-order valence-corrected chi connectivity index (χ4v) is 2.85. The molecule has 0 aliphatic carbocycles. The number of ether oxygens (including phenoxy) is 1. The number of anilines is 1. The molecule has 0 spiro atoms. The Balaban J connectivity index is 1.58. The van der Waals surface area contributed by atoms with Crippen molar-refractivity contribution in [2.24, 2.45) is 0 Å². The van der Waals surface area contributed by atoms with Crippen LogP contribution >= 0.6 is 23.2 Å². The Hall–Kier alpha value is -2.09. The number of fused-ring (bicyclic) bond motifs is 1. The number of hydrogen-bond donors (Lipinski definition) is 2. The summed E-state index contributed by atoms with van der Waals surface area (Å²) < 4.78 is 6.82. The zero-order chi connectivity index (χ0) is 16.7. The van der Waals surface area contributed by atoms with Gasteiger partial charge in [0.05, 0.1) is 35.5 Å². The van der Waals surface area contributed by atoms with Crippen LogP contribution in [0.3, 0.4) is 0 Å². The molecule has 0 amide bonds. The maximum absolute atomic E-state index is 12.4. The van der Waals surface area contributed by atoms with Gasteiger partial charge in [-0.1, -0.05) is 29.3 Å². The van der Waals surface area contributed by atoms with E-state index in [0.717, 1.165) is 5.56 Å². The number of nitrogens with one attached hydrogen (secondary N) is 2. The monoisotopic (exact) mass is 365 g/mol. The molecule has 9 heteroatoms. The molecule has 1 aliphatic rings. The zero-order valence-electron chi connectivity index (χ0n) is 12.4. The van der Waals surface area contributed by atoms with Gasteiger partial charge < -0.3 is 10.1 Å². The van der Waals surface area contributed by atoms with Crippen LogP contribution < -0.4 is 10.9 Å². The average molecular weight is 366 g/mol. The first-order valence-corrected chi connectivity index (χ1v) is 8.10. The fraction of sp³-hybridized carbons (Fsp3) is 0.267. The number of benzene rings is 1. The highest BCUT2D eigenvalue weighted by molar-refractivity contribution is 6.42. The molecule has 24 heavy (non-hydrogen) atoms. The molecular weight excluding hydrogens is 353 g/mol. The van der Waals surface area contributed by atoms with Gasteiger partial charge >= 0.3 is 0 Å². The predicted molar refractivity (Wildman–Crippen MR) is 91.8 cm³/mol. The van der Waals surface area contributed by atoms with Crippen LogP contribution in [-0.4, -0.2) is 33.0 Å². The molecule has 1 saturated heterocycles. The molecule has 0 unspecified atom stereocenters. The highest BCUT2D eigenvalue weighted by Gasteiger charge is 2.24. The minimum Gasteiger partial charge on any atom is -0.377 e. The number of rotatable bonds is 4. The van der Waals surface area contributed by atoms with Gasteiger partial charge in [-0.05, 0) is 17.7 Å². The standard InChI is InChI=1S/C15H13Cl2N5O2/c16-10-2-1-8(3-11(10)17)4-18-15-20-12-5-19-22(9-6-24-7-9)13(12)14(23)21-15/h1-3,5,9H,4,6-7H2,(H2,18,20,21,23). The van der Waals surface area contributed by atoms with Gasteiger partial charge in [0, 0.05) is 6.54 Å². The minimum atomic E-state index is -0.235. The van der Waals surface area contributed by atoms with E-state index >= 15 is 0 Å². The molecule has 2 N–H and O–H groups in total. The molecule has 0 bridgehead atoms. The lowest BCUT2D eigenvalue weighted by Gasteiger charge is -2.26. The predicted octanol–water partition coefficient (Wildman–Crippen LogP) is 2.61. The summed E-state index contributed by atoms with van der Waals surface area (Å²) in [5.74, 6) is 0.378. The maximum atomic E-state index is 12.4. The molecular formula is C15H13Cl2N5O2. The smallest absolute Gasteiger partial charge is 0.278 e. The molecule has 0 saturated carbocycles. The Morgan fingerprint density at radius 3 is 2.88 bits per heavy atom. The molecule has 2 aromatic heterocycles. The number of nitrogens with zero attached hydrogens (tertiary/aromatic N) is 3. The number of aromatic nitrogens is 4.